The number of amides is 2. The average Bonchev–Trinajstić information content (AvgIpc) is 3.61. The van der Waals surface area contributed by atoms with E-state index in [1.165, 1.54) is 12.3 Å². The van der Waals surface area contributed by atoms with Gasteiger partial charge in [0.25, 0.3) is 0 Å². The minimum Gasteiger partial charge on any atom is -0.383 e. The Morgan fingerprint density at radius 1 is 1.21 bits per heavy atom. The monoisotopic (exact) mass is 582 g/mol. The van der Waals surface area contributed by atoms with Gasteiger partial charge in [0.1, 0.15) is 11.5 Å². The Balaban J connectivity index is 1.41. The van der Waals surface area contributed by atoms with Crippen LogP contribution in [0.1, 0.15) is 11.5 Å². The summed E-state index contributed by atoms with van der Waals surface area (Å²) in [6, 6.07) is 10.4. The molecule has 2 amide bonds. The Morgan fingerprint density at radius 2 is 2.03 bits per heavy atom. The van der Waals surface area contributed by atoms with Gasteiger partial charge in [0.2, 0.25) is 0 Å². The van der Waals surface area contributed by atoms with E-state index in [4.69, 9.17) is 9.84 Å². The van der Waals surface area contributed by atoms with Crippen LogP contribution in [0.2, 0.25) is 0 Å². The number of carbonyl (C=O) groups excluding carboxylic acids is 1. The second kappa shape index (κ2) is 11.4. The van der Waals surface area contributed by atoms with Crippen LogP contribution in [0.25, 0.3) is 16.9 Å². The van der Waals surface area contributed by atoms with E-state index in [9.17, 15) is 9.18 Å². The smallest absolute Gasteiger partial charge is 0.320 e. The van der Waals surface area contributed by atoms with Crippen LogP contribution >= 0.6 is 15.9 Å². The van der Waals surface area contributed by atoms with Crippen LogP contribution in [-0.2, 0) is 11.8 Å². The number of nitrogens with one attached hydrogen (secondary N) is 2. The molecule has 2 atom stereocenters. The number of pyridine rings is 1. The van der Waals surface area contributed by atoms with Gasteiger partial charge in [0.15, 0.2) is 5.82 Å². The standard InChI is InChI=1S/C26H28BrFN8O2/c1-34-14-18(12-30-34)24-23(27)25(36(33-24)20-6-4-3-5-7-20)32-26(37)31-22-16-35(8-9-38-2)15-21(22)17-10-19(28)13-29-11-17/h3-7,10-14,21-22H,8-9,15-16H2,1-2H3,(H2,31,32,37). The van der Waals surface area contributed by atoms with Crippen LogP contribution in [0.4, 0.5) is 15.0 Å². The van der Waals surface area contributed by atoms with Crippen LogP contribution in [0, 0.1) is 5.82 Å². The number of likely N-dealkylation sites (tertiary alicyclic amines) is 1. The van der Waals surface area contributed by atoms with Crippen LogP contribution in [0.15, 0.2) is 65.7 Å². The number of aryl methyl sites for hydroxylation is 1. The molecule has 198 valence electrons. The van der Waals surface area contributed by atoms with Gasteiger partial charge in [0.05, 0.1) is 35.2 Å². The van der Waals surface area contributed by atoms with Gasteiger partial charge in [-0.1, -0.05) is 18.2 Å². The van der Waals surface area contributed by atoms with Crippen molar-refractivity contribution in [3.8, 4) is 16.9 Å². The van der Waals surface area contributed by atoms with Crippen molar-refractivity contribution in [3.63, 3.8) is 0 Å². The van der Waals surface area contributed by atoms with Gasteiger partial charge in [-0.3, -0.25) is 19.9 Å². The maximum atomic E-state index is 14.0. The van der Waals surface area contributed by atoms with Crippen molar-refractivity contribution in [2.75, 3.05) is 38.7 Å². The highest BCUT2D eigenvalue weighted by atomic mass is 79.9. The highest BCUT2D eigenvalue weighted by molar-refractivity contribution is 9.10. The lowest BCUT2D eigenvalue weighted by Gasteiger charge is -2.20. The summed E-state index contributed by atoms with van der Waals surface area (Å²) >= 11 is 3.65. The van der Waals surface area contributed by atoms with Gasteiger partial charge in [-0.25, -0.2) is 13.9 Å². The minimum atomic E-state index is -0.403. The SMILES string of the molecule is COCCN1CC(NC(=O)Nc2c(Br)c(-c3cnn(C)c3)nn2-c2ccccc2)C(c2cncc(F)c2)C1. The number of para-hydroxylation sites is 1. The molecule has 1 aromatic carbocycles. The zero-order valence-electron chi connectivity index (χ0n) is 21.0. The molecule has 3 aromatic heterocycles. The lowest BCUT2D eigenvalue weighted by molar-refractivity contribution is 0.159. The summed E-state index contributed by atoms with van der Waals surface area (Å²) in [6.45, 7) is 2.51. The number of methoxy groups -OCH3 is 1. The normalized spacial score (nSPS) is 17.6. The summed E-state index contributed by atoms with van der Waals surface area (Å²) in [4.78, 5) is 19.6. The molecule has 1 aliphatic heterocycles. The molecule has 0 spiro atoms. The zero-order valence-corrected chi connectivity index (χ0v) is 22.6. The Labute approximate surface area is 227 Å². The van der Waals surface area contributed by atoms with E-state index in [-0.39, 0.29) is 12.0 Å². The predicted molar refractivity (Wildman–Crippen MR) is 145 cm³/mol. The summed E-state index contributed by atoms with van der Waals surface area (Å²) in [5.41, 5.74) is 2.98. The largest absolute Gasteiger partial charge is 0.383 e. The maximum absolute atomic E-state index is 14.0. The van der Waals surface area contributed by atoms with Gasteiger partial charge >= 0.3 is 6.03 Å². The molecule has 0 bridgehead atoms. The highest BCUT2D eigenvalue weighted by Gasteiger charge is 2.35. The first-order chi connectivity index (χ1) is 18.4. The molecule has 0 aliphatic carbocycles. The van der Waals surface area contributed by atoms with Crippen molar-refractivity contribution in [1.82, 2.24) is 34.8 Å². The van der Waals surface area contributed by atoms with E-state index in [1.807, 2.05) is 43.6 Å². The summed E-state index contributed by atoms with van der Waals surface area (Å²) < 4.78 is 23.2. The number of urea groups is 1. The third-order valence-corrected chi connectivity index (χ3v) is 7.27. The second-order valence-electron chi connectivity index (χ2n) is 9.16. The number of anilines is 1. The number of hydrogen-bond donors (Lipinski definition) is 2. The molecule has 0 radical (unpaired) electrons. The molecular weight excluding hydrogens is 555 g/mol. The number of halogens is 2. The first-order valence-electron chi connectivity index (χ1n) is 12.1. The number of ether oxygens (including phenoxy) is 1. The molecule has 12 heteroatoms. The fraction of sp³-hybridized carbons (Fsp3) is 0.308. The fourth-order valence-electron chi connectivity index (χ4n) is 4.71. The van der Waals surface area contributed by atoms with Gasteiger partial charge in [-0.05, 0) is 39.7 Å². The molecule has 4 aromatic rings. The molecule has 5 rings (SSSR count). The summed E-state index contributed by atoms with van der Waals surface area (Å²) in [5.74, 6) is -0.0559. The number of aromatic nitrogens is 5. The van der Waals surface area contributed by atoms with Crippen LogP contribution in [0.5, 0.6) is 0 Å². The number of nitrogens with zero attached hydrogens (tertiary/aromatic N) is 6. The summed E-state index contributed by atoms with van der Waals surface area (Å²) in [6.07, 6.45) is 6.41. The first-order valence-corrected chi connectivity index (χ1v) is 12.9. The van der Waals surface area contributed by atoms with E-state index >= 15 is 0 Å². The maximum Gasteiger partial charge on any atom is 0.320 e. The Bertz CT molecular complexity index is 1410. The molecule has 2 unspecified atom stereocenters. The molecule has 4 heterocycles. The van der Waals surface area contributed by atoms with Crippen molar-refractivity contribution in [2.24, 2.45) is 7.05 Å². The average molecular weight is 583 g/mol. The van der Waals surface area contributed by atoms with Gasteiger partial charge < -0.3 is 10.1 Å². The van der Waals surface area contributed by atoms with E-state index in [1.54, 1.807) is 28.9 Å². The molecule has 10 nitrogen and oxygen atoms in total. The predicted octanol–water partition coefficient (Wildman–Crippen LogP) is 3.81. The van der Waals surface area contributed by atoms with Gasteiger partial charge in [-0.2, -0.15) is 10.2 Å². The van der Waals surface area contributed by atoms with Gasteiger partial charge in [-0.15, -0.1) is 0 Å². The lowest BCUT2D eigenvalue weighted by atomic mass is 9.96. The molecule has 1 fully saturated rings. The quantitative estimate of drug-likeness (QED) is 0.327. The third-order valence-electron chi connectivity index (χ3n) is 6.52. The molecule has 0 saturated carbocycles. The minimum absolute atomic E-state index is 0.130. The van der Waals surface area contributed by atoms with Crippen molar-refractivity contribution in [1.29, 1.82) is 0 Å². The summed E-state index contributed by atoms with van der Waals surface area (Å²) in [7, 11) is 3.49. The molecule has 1 saturated heterocycles. The van der Waals surface area contributed by atoms with Crippen molar-refractivity contribution in [2.45, 2.75) is 12.0 Å². The Morgan fingerprint density at radius 3 is 2.74 bits per heavy atom. The van der Waals surface area contributed by atoms with E-state index < -0.39 is 11.8 Å². The molecule has 38 heavy (non-hydrogen) atoms. The van der Waals surface area contributed by atoms with Crippen molar-refractivity contribution >= 4 is 27.8 Å². The number of rotatable bonds is 8. The first kappa shape index (κ1) is 26.0. The van der Waals surface area contributed by atoms with E-state index in [2.05, 4.69) is 41.5 Å². The number of benzene rings is 1. The molecular formula is C26H28BrFN8O2. The topological polar surface area (TPSA) is 102 Å². The summed E-state index contributed by atoms with van der Waals surface area (Å²) in [5, 5.41) is 15.1. The zero-order chi connectivity index (χ0) is 26.6. The Kier molecular flexibility index (Phi) is 7.82. The lowest BCUT2D eigenvalue weighted by Crippen LogP contribution is -2.42. The second-order valence-corrected chi connectivity index (χ2v) is 9.95. The van der Waals surface area contributed by atoms with E-state index in [0.717, 1.165) is 16.8 Å². The molecule has 2 N–H and O–H groups in total. The van der Waals surface area contributed by atoms with Crippen LogP contribution in [0.3, 0.4) is 0 Å². The third kappa shape index (κ3) is 5.62. The van der Waals surface area contributed by atoms with E-state index in [0.29, 0.717) is 42.2 Å². The van der Waals surface area contributed by atoms with Crippen LogP contribution in [-0.4, -0.2) is 74.9 Å². The number of hydrogen-bond acceptors (Lipinski definition) is 6. The number of carbonyl (C=O) groups is 1. The fourth-order valence-corrected chi connectivity index (χ4v) is 5.28. The Hall–Kier alpha value is -3.61. The molecule has 1 aliphatic rings. The highest BCUT2D eigenvalue weighted by Crippen LogP contribution is 2.35. The van der Waals surface area contributed by atoms with Crippen molar-refractivity contribution < 1.29 is 13.9 Å². The van der Waals surface area contributed by atoms with Crippen LogP contribution < -0.4 is 10.6 Å². The van der Waals surface area contributed by atoms with Gasteiger partial charge in [0, 0.05) is 57.7 Å². The van der Waals surface area contributed by atoms with Crippen molar-refractivity contribution in [3.05, 3.63) is 77.0 Å².